The molecule has 1 aromatic carbocycles. The standard InChI is InChI=1S/C19H26N2O4/c1-13(2)3-6-18(22)21-9-7-14(8-10-21)19(23)20-15-4-5-16-17(11-15)25-12-24-16/h4-5,11,13-14H,3,6-10,12H2,1-2H3,(H,20,23). The first-order valence-corrected chi connectivity index (χ1v) is 9.01. The van der Waals surface area contributed by atoms with Gasteiger partial charge in [0.25, 0.3) is 0 Å². The van der Waals surface area contributed by atoms with E-state index in [0.717, 1.165) is 6.42 Å². The predicted molar refractivity (Wildman–Crippen MR) is 94.6 cm³/mol. The van der Waals surface area contributed by atoms with Gasteiger partial charge < -0.3 is 19.7 Å². The lowest BCUT2D eigenvalue weighted by Gasteiger charge is -2.31. The van der Waals surface area contributed by atoms with Crippen LogP contribution in [0.25, 0.3) is 0 Å². The first-order chi connectivity index (χ1) is 12.0. The normalized spacial score (nSPS) is 17.0. The number of rotatable bonds is 5. The van der Waals surface area contributed by atoms with Crippen molar-refractivity contribution in [1.29, 1.82) is 0 Å². The van der Waals surface area contributed by atoms with Crippen LogP contribution >= 0.6 is 0 Å². The largest absolute Gasteiger partial charge is 0.454 e. The number of likely N-dealkylation sites (tertiary alicyclic amines) is 1. The van der Waals surface area contributed by atoms with Gasteiger partial charge in [0.05, 0.1) is 0 Å². The molecule has 136 valence electrons. The molecule has 6 heteroatoms. The lowest BCUT2D eigenvalue weighted by Crippen LogP contribution is -2.41. The number of carbonyl (C=O) groups excluding carboxylic acids is 2. The minimum atomic E-state index is -0.0560. The first-order valence-electron chi connectivity index (χ1n) is 9.01. The monoisotopic (exact) mass is 346 g/mol. The Bertz CT molecular complexity index is 636. The van der Waals surface area contributed by atoms with E-state index in [1.54, 1.807) is 12.1 Å². The van der Waals surface area contributed by atoms with E-state index in [1.807, 2.05) is 11.0 Å². The number of hydrogen-bond acceptors (Lipinski definition) is 4. The van der Waals surface area contributed by atoms with Crippen molar-refractivity contribution < 1.29 is 19.1 Å². The number of benzene rings is 1. The molecule has 2 heterocycles. The smallest absolute Gasteiger partial charge is 0.231 e. The second-order valence-corrected chi connectivity index (χ2v) is 7.14. The third-order valence-electron chi connectivity index (χ3n) is 4.79. The highest BCUT2D eigenvalue weighted by Crippen LogP contribution is 2.34. The second-order valence-electron chi connectivity index (χ2n) is 7.14. The summed E-state index contributed by atoms with van der Waals surface area (Å²) in [6.45, 7) is 5.79. The van der Waals surface area contributed by atoms with Crippen LogP contribution in [0.4, 0.5) is 5.69 Å². The summed E-state index contributed by atoms with van der Waals surface area (Å²) in [6, 6.07) is 5.40. The number of fused-ring (bicyclic) bond motifs is 1. The fourth-order valence-electron chi connectivity index (χ4n) is 3.18. The Morgan fingerprint density at radius 2 is 1.92 bits per heavy atom. The van der Waals surface area contributed by atoms with Crippen LogP contribution in [0.1, 0.15) is 39.5 Å². The van der Waals surface area contributed by atoms with Crippen molar-refractivity contribution in [2.45, 2.75) is 39.5 Å². The quantitative estimate of drug-likeness (QED) is 0.890. The summed E-state index contributed by atoms with van der Waals surface area (Å²) in [5, 5.41) is 2.95. The molecule has 0 unspecified atom stereocenters. The van der Waals surface area contributed by atoms with Gasteiger partial charge in [-0.2, -0.15) is 0 Å². The summed E-state index contributed by atoms with van der Waals surface area (Å²) in [6.07, 6.45) is 2.95. The van der Waals surface area contributed by atoms with Crippen molar-refractivity contribution in [2.24, 2.45) is 11.8 Å². The molecule has 1 aromatic rings. The zero-order chi connectivity index (χ0) is 17.8. The van der Waals surface area contributed by atoms with Gasteiger partial charge in [-0.05, 0) is 37.3 Å². The zero-order valence-electron chi connectivity index (χ0n) is 14.9. The van der Waals surface area contributed by atoms with Gasteiger partial charge in [0, 0.05) is 37.2 Å². The SMILES string of the molecule is CC(C)CCC(=O)N1CCC(C(=O)Nc2ccc3c(c2)OCO3)CC1. The van der Waals surface area contributed by atoms with Gasteiger partial charge in [0.1, 0.15) is 0 Å². The molecule has 0 spiro atoms. The molecule has 2 aliphatic heterocycles. The van der Waals surface area contributed by atoms with Crippen molar-refractivity contribution in [3.63, 3.8) is 0 Å². The fraction of sp³-hybridized carbons (Fsp3) is 0.579. The maximum Gasteiger partial charge on any atom is 0.231 e. The molecule has 0 aromatic heterocycles. The maximum atomic E-state index is 12.5. The molecule has 2 amide bonds. The highest BCUT2D eigenvalue weighted by atomic mass is 16.7. The van der Waals surface area contributed by atoms with Gasteiger partial charge in [-0.25, -0.2) is 0 Å². The van der Waals surface area contributed by atoms with E-state index in [4.69, 9.17) is 9.47 Å². The van der Waals surface area contributed by atoms with Crippen molar-refractivity contribution in [1.82, 2.24) is 4.90 Å². The summed E-state index contributed by atoms with van der Waals surface area (Å²) < 4.78 is 10.6. The number of anilines is 1. The number of carbonyl (C=O) groups is 2. The number of nitrogens with one attached hydrogen (secondary N) is 1. The Labute approximate surface area is 148 Å². The van der Waals surface area contributed by atoms with Gasteiger partial charge in [-0.3, -0.25) is 9.59 Å². The lowest BCUT2D eigenvalue weighted by atomic mass is 9.95. The minimum Gasteiger partial charge on any atom is -0.454 e. The predicted octanol–water partition coefficient (Wildman–Crippen LogP) is 3.03. The van der Waals surface area contributed by atoms with Gasteiger partial charge in [0.15, 0.2) is 11.5 Å². The average molecular weight is 346 g/mol. The Hall–Kier alpha value is -2.24. The molecule has 0 aliphatic carbocycles. The molecule has 0 saturated carbocycles. The Morgan fingerprint density at radius 3 is 2.64 bits per heavy atom. The van der Waals surface area contributed by atoms with Crippen molar-refractivity contribution in [3.8, 4) is 11.5 Å². The topological polar surface area (TPSA) is 67.9 Å². The van der Waals surface area contributed by atoms with E-state index < -0.39 is 0 Å². The second kappa shape index (κ2) is 7.76. The van der Waals surface area contributed by atoms with Gasteiger partial charge >= 0.3 is 0 Å². The molecule has 2 aliphatic rings. The summed E-state index contributed by atoms with van der Waals surface area (Å²) in [5.74, 6) is 2.06. The van der Waals surface area contributed by atoms with Crippen molar-refractivity contribution >= 4 is 17.5 Å². The van der Waals surface area contributed by atoms with Gasteiger partial charge in [-0.15, -0.1) is 0 Å². The average Bonchev–Trinajstić information content (AvgIpc) is 3.07. The molecular weight excluding hydrogens is 320 g/mol. The number of amides is 2. The third-order valence-corrected chi connectivity index (χ3v) is 4.79. The molecule has 3 rings (SSSR count). The van der Waals surface area contributed by atoms with Gasteiger partial charge in [-0.1, -0.05) is 13.8 Å². The van der Waals surface area contributed by atoms with Crippen LogP contribution in [0, 0.1) is 11.8 Å². The van der Waals surface area contributed by atoms with Crippen LogP contribution in [0.15, 0.2) is 18.2 Å². The number of hydrogen-bond donors (Lipinski definition) is 1. The maximum absolute atomic E-state index is 12.5. The number of ether oxygens (including phenoxy) is 2. The van der Waals surface area contributed by atoms with Crippen LogP contribution in [-0.4, -0.2) is 36.6 Å². The number of piperidine rings is 1. The fourth-order valence-corrected chi connectivity index (χ4v) is 3.18. The molecular formula is C19H26N2O4. The minimum absolute atomic E-state index is 0.00754. The summed E-state index contributed by atoms with van der Waals surface area (Å²) >= 11 is 0. The van der Waals surface area contributed by atoms with Crippen LogP contribution in [0.2, 0.25) is 0 Å². The molecule has 1 N–H and O–H groups in total. The highest BCUT2D eigenvalue weighted by molar-refractivity contribution is 5.93. The summed E-state index contributed by atoms with van der Waals surface area (Å²) in [4.78, 5) is 26.5. The Morgan fingerprint density at radius 1 is 1.20 bits per heavy atom. The highest BCUT2D eigenvalue weighted by Gasteiger charge is 2.27. The molecule has 1 saturated heterocycles. The van der Waals surface area contributed by atoms with Crippen LogP contribution in [0.3, 0.4) is 0 Å². The lowest BCUT2D eigenvalue weighted by molar-refractivity contribution is -0.134. The summed E-state index contributed by atoms with van der Waals surface area (Å²) in [7, 11) is 0. The molecule has 1 fully saturated rings. The van der Waals surface area contributed by atoms with Gasteiger partial charge in [0.2, 0.25) is 18.6 Å². The van der Waals surface area contributed by atoms with Crippen molar-refractivity contribution in [2.75, 3.05) is 25.2 Å². The molecule has 6 nitrogen and oxygen atoms in total. The Balaban J connectivity index is 1.47. The molecule has 25 heavy (non-hydrogen) atoms. The van der Waals surface area contributed by atoms with E-state index in [1.165, 1.54) is 0 Å². The van der Waals surface area contributed by atoms with Crippen LogP contribution < -0.4 is 14.8 Å². The number of nitrogens with zero attached hydrogens (tertiary/aromatic N) is 1. The Kier molecular flexibility index (Phi) is 5.46. The molecule has 0 radical (unpaired) electrons. The van der Waals surface area contributed by atoms with E-state index in [-0.39, 0.29) is 24.5 Å². The zero-order valence-corrected chi connectivity index (χ0v) is 14.9. The summed E-state index contributed by atoms with van der Waals surface area (Å²) in [5.41, 5.74) is 0.713. The van der Waals surface area contributed by atoms with E-state index >= 15 is 0 Å². The first kappa shape index (κ1) is 17.6. The van der Waals surface area contributed by atoms with Crippen molar-refractivity contribution in [3.05, 3.63) is 18.2 Å². The van der Waals surface area contributed by atoms with Crippen LogP contribution in [-0.2, 0) is 9.59 Å². The van der Waals surface area contributed by atoms with E-state index in [9.17, 15) is 9.59 Å². The molecule has 0 bridgehead atoms. The molecule has 0 atom stereocenters. The van der Waals surface area contributed by atoms with E-state index in [0.29, 0.717) is 55.5 Å². The van der Waals surface area contributed by atoms with E-state index in [2.05, 4.69) is 19.2 Å². The third kappa shape index (κ3) is 4.44. The van der Waals surface area contributed by atoms with Crippen LogP contribution in [0.5, 0.6) is 11.5 Å².